The number of benzene rings is 1. The maximum atomic E-state index is 10.2. The number of fused-ring (bicyclic) bond motifs is 1. The zero-order valence-corrected chi connectivity index (χ0v) is 12.9. The van der Waals surface area contributed by atoms with Crippen molar-refractivity contribution in [1.29, 1.82) is 0 Å². The predicted molar refractivity (Wildman–Crippen MR) is 86.2 cm³/mol. The summed E-state index contributed by atoms with van der Waals surface area (Å²) in [6.45, 7) is 2.90. The van der Waals surface area contributed by atoms with E-state index >= 15 is 0 Å². The molecule has 0 amide bonds. The van der Waals surface area contributed by atoms with Gasteiger partial charge in [-0.1, -0.05) is 25.0 Å². The molecule has 112 valence electrons. The van der Waals surface area contributed by atoms with E-state index in [0.717, 1.165) is 37.0 Å². The lowest BCUT2D eigenvalue weighted by molar-refractivity contribution is 0.0288. The summed E-state index contributed by atoms with van der Waals surface area (Å²) in [5.74, 6) is 0. The summed E-state index contributed by atoms with van der Waals surface area (Å²) in [5, 5.41) is 11.4. The molecule has 1 aliphatic carbocycles. The van der Waals surface area contributed by atoms with Gasteiger partial charge >= 0.3 is 0 Å². The maximum absolute atomic E-state index is 10.2. The molecule has 0 bridgehead atoms. The summed E-state index contributed by atoms with van der Waals surface area (Å²) in [6, 6.07) is 11.0. The number of aliphatic hydroxyl groups is 1. The molecule has 0 saturated heterocycles. The van der Waals surface area contributed by atoms with Crippen LogP contribution in [0.3, 0.4) is 0 Å². The second-order valence-electron chi connectivity index (χ2n) is 6.31. The van der Waals surface area contributed by atoms with Crippen molar-refractivity contribution in [3.05, 3.63) is 41.6 Å². The molecular weight excluding hydrogens is 260 g/mol. The Morgan fingerprint density at radius 2 is 2.00 bits per heavy atom. The number of aryl methyl sites for hydroxylation is 1. The van der Waals surface area contributed by atoms with Crippen molar-refractivity contribution in [2.24, 2.45) is 0 Å². The molecule has 3 rings (SSSR count). The topological polar surface area (TPSA) is 36.4 Å². The van der Waals surface area contributed by atoms with Gasteiger partial charge in [0, 0.05) is 23.7 Å². The van der Waals surface area contributed by atoms with E-state index in [1.165, 1.54) is 17.4 Å². The number of hydrogen-bond donors (Lipinski definition) is 1. The summed E-state index contributed by atoms with van der Waals surface area (Å²) in [4.78, 5) is 6.84. The first-order valence-corrected chi connectivity index (χ1v) is 7.88. The highest BCUT2D eigenvalue weighted by Gasteiger charge is 2.26. The zero-order chi connectivity index (χ0) is 14.8. The van der Waals surface area contributed by atoms with Crippen LogP contribution < -0.4 is 0 Å². The summed E-state index contributed by atoms with van der Waals surface area (Å²) >= 11 is 0. The number of aromatic nitrogens is 1. The van der Waals surface area contributed by atoms with Crippen molar-refractivity contribution >= 4 is 10.9 Å². The molecule has 2 atom stereocenters. The molecule has 1 aromatic carbocycles. The van der Waals surface area contributed by atoms with Gasteiger partial charge in [-0.2, -0.15) is 0 Å². The van der Waals surface area contributed by atoms with E-state index in [-0.39, 0.29) is 6.10 Å². The highest BCUT2D eigenvalue weighted by atomic mass is 16.3. The van der Waals surface area contributed by atoms with Crippen LogP contribution in [0.25, 0.3) is 10.9 Å². The standard InChI is InChI=1S/C18H24N2O/c1-13-7-9-15-11-14(8-10-16(15)19-13)12-20(2)17-5-3-4-6-18(17)21/h7-11,17-18,21H,3-6,12H2,1-2H3/t17-,18-/m1/s1. The molecule has 1 fully saturated rings. The lowest BCUT2D eigenvalue weighted by Crippen LogP contribution is -2.42. The van der Waals surface area contributed by atoms with Crippen molar-refractivity contribution in [3.63, 3.8) is 0 Å². The van der Waals surface area contributed by atoms with E-state index in [2.05, 4.69) is 47.3 Å². The second kappa shape index (κ2) is 6.12. The first kappa shape index (κ1) is 14.5. The molecule has 1 heterocycles. The van der Waals surface area contributed by atoms with Crippen LogP contribution >= 0.6 is 0 Å². The molecule has 0 aliphatic heterocycles. The predicted octanol–water partition coefficient (Wildman–Crippen LogP) is 3.28. The van der Waals surface area contributed by atoms with Gasteiger partial charge in [0.1, 0.15) is 0 Å². The lowest BCUT2D eigenvalue weighted by atomic mass is 9.91. The number of aliphatic hydroxyl groups excluding tert-OH is 1. The van der Waals surface area contributed by atoms with Crippen molar-refractivity contribution < 1.29 is 5.11 Å². The van der Waals surface area contributed by atoms with Crippen LogP contribution in [0.2, 0.25) is 0 Å². The molecule has 3 nitrogen and oxygen atoms in total. The molecule has 1 saturated carbocycles. The summed E-state index contributed by atoms with van der Waals surface area (Å²) in [6.07, 6.45) is 4.26. The molecule has 2 aromatic rings. The van der Waals surface area contributed by atoms with Gasteiger partial charge < -0.3 is 5.11 Å². The number of hydrogen-bond acceptors (Lipinski definition) is 3. The number of rotatable bonds is 3. The van der Waals surface area contributed by atoms with Crippen molar-refractivity contribution in [2.45, 2.75) is 51.3 Å². The number of pyridine rings is 1. The molecule has 0 spiro atoms. The maximum Gasteiger partial charge on any atom is 0.0705 e. The van der Waals surface area contributed by atoms with Gasteiger partial charge in [-0.05, 0) is 50.6 Å². The van der Waals surface area contributed by atoms with Gasteiger partial charge in [0.25, 0.3) is 0 Å². The summed E-state index contributed by atoms with van der Waals surface area (Å²) in [7, 11) is 2.12. The molecule has 1 aromatic heterocycles. The van der Waals surface area contributed by atoms with Gasteiger partial charge in [0.15, 0.2) is 0 Å². The Balaban J connectivity index is 1.76. The fourth-order valence-corrected chi connectivity index (χ4v) is 3.39. The fourth-order valence-electron chi connectivity index (χ4n) is 3.39. The van der Waals surface area contributed by atoms with Crippen LogP contribution in [0.1, 0.15) is 36.9 Å². The highest BCUT2D eigenvalue weighted by Crippen LogP contribution is 2.24. The Kier molecular flexibility index (Phi) is 4.22. The third kappa shape index (κ3) is 3.25. The fraction of sp³-hybridized carbons (Fsp3) is 0.500. The van der Waals surface area contributed by atoms with Gasteiger partial charge in [0.05, 0.1) is 11.6 Å². The largest absolute Gasteiger partial charge is 0.391 e. The number of nitrogens with zero attached hydrogens (tertiary/aromatic N) is 2. The van der Waals surface area contributed by atoms with E-state index in [4.69, 9.17) is 0 Å². The molecule has 21 heavy (non-hydrogen) atoms. The minimum absolute atomic E-state index is 0.173. The first-order chi connectivity index (χ1) is 10.1. The van der Waals surface area contributed by atoms with Gasteiger partial charge in [-0.25, -0.2) is 0 Å². The SMILES string of the molecule is Cc1ccc2cc(CN(C)[C@@H]3CCCC[C@H]3O)ccc2n1. The molecule has 1 aliphatic rings. The Labute approximate surface area is 126 Å². The van der Waals surface area contributed by atoms with E-state index < -0.39 is 0 Å². The molecule has 0 unspecified atom stereocenters. The second-order valence-corrected chi connectivity index (χ2v) is 6.31. The average Bonchev–Trinajstić information content (AvgIpc) is 2.48. The lowest BCUT2D eigenvalue weighted by Gasteiger charge is -2.35. The van der Waals surface area contributed by atoms with Gasteiger partial charge in [-0.15, -0.1) is 0 Å². The summed E-state index contributed by atoms with van der Waals surface area (Å²) < 4.78 is 0. The van der Waals surface area contributed by atoms with E-state index in [1.54, 1.807) is 0 Å². The summed E-state index contributed by atoms with van der Waals surface area (Å²) in [5.41, 5.74) is 3.39. The minimum Gasteiger partial charge on any atom is -0.391 e. The first-order valence-electron chi connectivity index (χ1n) is 7.88. The van der Waals surface area contributed by atoms with Crippen LogP contribution in [0.4, 0.5) is 0 Å². The quantitative estimate of drug-likeness (QED) is 0.939. The van der Waals surface area contributed by atoms with E-state index in [0.29, 0.717) is 6.04 Å². The smallest absolute Gasteiger partial charge is 0.0705 e. The molecular formula is C18H24N2O. The monoisotopic (exact) mass is 284 g/mol. The van der Waals surface area contributed by atoms with Crippen LogP contribution in [0.15, 0.2) is 30.3 Å². The number of likely N-dealkylation sites (N-methyl/N-ethyl adjacent to an activating group) is 1. The average molecular weight is 284 g/mol. The normalized spacial score (nSPS) is 22.9. The Bertz CT molecular complexity index is 626. The van der Waals surface area contributed by atoms with Crippen LogP contribution in [-0.4, -0.2) is 34.2 Å². The van der Waals surface area contributed by atoms with E-state index in [1.807, 2.05) is 6.92 Å². The Morgan fingerprint density at radius 1 is 1.19 bits per heavy atom. The van der Waals surface area contributed by atoms with Gasteiger partial charge in [0.2, 0.25) is 0 Å². The van der Waals surface area contributed by atoms with Gasteiger partial charge in [-0.3, -0.25) is 9.88 Å². The van der Waals surface area contributed by atoms with Crippen molar-refractivity contribution in [3.8, 4) is 0 Å². The Morgan fingerprint density at radius 3 is 2.81 bits per heavy atom. The third-order valence-corrected chi connectivity index (χ3v) is 4.58. The van der Waals surface area contributed by atoms with Crippen LogP contribution in [-0.2, 0) is 6.54 Å². The van der Waals surface area contributed by atoms with Crippen LogP contribution in [0.5, 0.6) is 0 Å². The minimum atomic E-state index is -0.173. The van der Waals surface area contributed by atoms with Crippen molar-refractivity contribution in [1.82, 2.24) is 9.88 Å². The highest BCUT2D eigenvalue weighted by molar-refractivity contribution is 5.79. The zero-order valence-electron chi connectivity index (χ0n) is 12.9. The molecule has 1 N–H and O–H groups in total. The molecule has 0 radical (unpaired) electrons. The molecule has 3 heteroatoms. The third-order valence-electron chi connectivity index (χ3n) is 4.58. The van der Waals surface area contributed by atoms with Crippen LogP contribution in [0, 0.1) is 6.92 Å². The van der Waals surface area contributed by atoms with Crippen molar-refractivity contribution in [2.75, 3.05) is 7.05 Å². The van der Waals surface area contributed by atoms with E-state index in [9.17, 15) is 5.11 Å². The Hall–Kier alpha value is -1.45.